The predicted octanol–water partition coefficient (Wildman–Crippen LogP) is 6.19. The average Bonchev–Trinajstić information content (AvgIpc) is 2.69. The number of fused-ring (bicyclic) bond motifs is 1. The second kappa shape index (κ2) is 9.41. The van der Waals surface area contributed by atoms with Gasteiger partial charge in [0.05, 0.1) is 5.56 Å². The summed E-state index contributed by atoms with van der Waals surface area (Å²) in [6, 6.07) is 9.77. The molecule has 158 valence electrons. The molecule has 0 spiro atoms. The lowest BCUT2D eigenvalue weighted by molar-refractivity contribution is -0.115. The van der Waals surface area contributed by atoms with Gasteiger partial charge in [-0.2, -0.15) is 5.26 Å². The van der Waals surface area contributed by atoms with E-state index in [1.54, 1.807) is 6.07 Å². The molecule has 6 heteroatoms. The fourth-order valence-electron chi connectivity index (χ4n) is 3.77. The number of carbonyl (C=O) groups excluding carboxylic acids is 1. The highest BCUT2D eigenvalue weighted by atomic mass is 35.5. The number of aryl methyl sites for hydroxylation is 1. The van der Waals surface area contributed by atoms with Crippen LogP contribution in [-0.4, -0.2) is 16.6 Å². The molecule has 1 atom stereocenters. The zero-order valence-electron chi connectivity index (χ0n) is 18.0. The Hall–Kier alpha value is -2.03. The molecule has 1 aliphatic carbocycles. The zero-order chi connectivity index (χ0) is 21.9. The normalized spacial score (nSPS) is 15.9. The van der Waals surface area contributed by atoms with Crippen LogP contribution in [-0.2, 0) is 17.6 Å². The van der Waals surface area contributed by atoms with Crippen LogP contribution in [0.25, 0.3) is 0 Å². The van der Waals surface area contributed by atoms with Crippen molar-refractivity contribution in [3.8, 4) is 6.07 Å². The summed E-state index contributed by atoms with van der Waals surface area (Å²) in [5.41, 5.74) is 4.77. The quantitative estimate of drug-likeness (QED) is 0.562. The Kier molecular flexibility index (Phi) is 7.10. The van der Waals surface area contributed by atoms with Crippen LogP contribution in [0.5, 0.6) is 0 Å². The Labute approximate surface area is 188 Å². The van der Waals surface area contributed by atoms with Gasteiger partial charge in [0.1, 0.15) is 11.1 Å². The Morgan fingerprint density at radius 1 is 1.40 bits per heavy atom. The number of pyridine rings is 1. The Balaban J connectivity index is 1.63. The first-order chi connectivity index (χ1) is 14.2. The lowest BCUT2D eigenvalue weighted by Crippen LogP contribution is -2.27. The third kappa shape index (κ3) is 5.36. The molecule has 0 saturated heterocycles. The molecule has 1 heterocycles. The third-order valence-electron chi connectivity index (χ3n) is 5.81. The summed E-state index contributed by atoms with van der Waals surface area (Å²) in [5.74, 6) is 1.10. The van der Waals surface area contributed by atoms with Crippen LogP contribution in [0.15, 0.2) is 29.3 Å². The molecule has 0 fully saturated rings. The minimum atomic E-state index is -0.0719. The summed E-state index contributed by atoms with van der Waals surface area (Å²) in [6.45, 7) is 8.72. The monoisotopic (exact) mass is 441 g/mol. The van der Waals surface area contributed by atoms with Crippen molar-refractivity contribution in [3.05, 3.63) is 51.7 Å². The van der Waals surface area contributed by atoms with E-state index in [0.717, 1.165) is 41.2 Å². The fourth-order valence-corrected chi connectivity index (χ4v) is 4.86. The van der Waals surface area contributed by atoms with E-state index in [1.165, 1.54) is 17.3 Å². The van der Waals surface area contributed by atoms with Gasteiger partial charge in [-0.1, -0.05) is 38.4 Å². The first-order valence-corrected chi connectivity index (χ1v) is 11.7. The molecule has 30 heavy (non-hydrogen) atoms. The topological polar surface area (TPSA) is 65.8 Å². The molecule has 1 unspecified atom stereocenters. The van der Waals surface area contributed by atoms with Crippen LogP contribution in [0.3, 0.4) is 0 Å². The molecule has 4 nitrogen and oxygen atoms in total. The van der Waals surface area contributed by atoms with Crippen molar-refractivity contribution in [2.75, 3.05) is 11.1 Å². The van der Waals surface area contributed by atoms with E-state index in [4.69, 9.17) is 16.6 Å². The number of nitrogens with one attached hydrogen (secondary N) is 1. The highest BCUT2D eigenvalue weighted by Gasteiger charge is 2.30. The van der Waals surface area contributed by atoms with Crippen LogP contribution in [0.4, 0.5) is 5.69 Å². The first-order valence-electron chi connectivity index (χ1n) is 10.3. The highest BCUT2D eigenvalue weighted by molar-refractivity contribution is 7.99. The summed E-state index contributed by atoms with van der Waals surface area (Å²) < 4.78 is 0. The summed E-state index contributed by atoms with van der Waals surface area (Å²) in [6.07, 6.45) is 3.39. The Bertz CT molecular complexity index is 991. The maximum atomic E-state index is 12.3. The van der Waals surface area contributed by atoms with Crippen molar-refractivity contribution in [1.29, 1.82) is 5.26 Å². The second-order valence-electron chi connectivity index (χ2n) is 8.92. The number of halogens is 1. The molecular weight excluding hydrogens is 414 g/mol. The van der Waals surface area contributed by atoms with Crippen LogP contribution >= 0.6 is 23.4 Å². The molecular formula is C24H28ClN3OS. The van der Waals surface area contributed by atoms with E-state index in [0.29, 0.717) is 28.7 Å². The third-order valence-corrected chi connectivity index (χ3v) is 7.21. The van der Waals surface area contributed by atoms with E-state index in [9.17, 15) is 10.1 Å². The zero-order valence-corrected chi connectivity index (χ0v) is 19.6. The first kappa shape index (κ1) is 22.7. The van der Waals surface area contributed by atoms with E-state index in [2.05, 4.69) is 32.2 Å². The molecule has 0 bridgehead atoms. The average molecular weight is 442 g/mol. The number of benzene rings is 1. The number of rotatable bonds is 5. The van der Waals surface area contributed by atoms with Gasteiger partial charge in [-0.15, -0.1) is 11.8 Å². The number of amides is 1. The second-order valence-corrected chi connectivity index (χ2v) is 10.4. The summed E-state index contributed by atoms with van der Waals surface area (Å²) >= 11 is 7.59. The van der Waals surface area contributed by atoms with E-state index in [-0.39, 0.29) is 11.3 Å². The van der Waals surface area contributed by atoms with Crippen molar-refractivity contribution in [2.45, 2.75) is 58.4 Å². The predicted molar refractivity (Wildman–Crippen MR) is 124 cm³/mol. The minimum Gasteiger partial charge on any atom is -0.326 e. The van der Waals surface area contributed by atoms with Crippen molar-refractivity contribution in [3.63, 3.8) is 0 Å². The number of thioether (sulfide) groups is 1. The molecule has 0 aliphatic heterocycles. The van der Waals surface area contributed by atoms with Gasteiger partial charge < -0.3 is 5.32 Å². The van der Waals surface area contributed by atoms with Crippen molar-refractivity contribution < 1.29 is 4.79 Å². The number of nitriles is 1. The van der Waals surface area contributed by atoms with Gasteiger partial charge in [0, 0.05) is 28.6 Å². The van der Waals surface area contributed by atoms with Crippen molar-refractivity contribution in [2.24, 2.45) is 11.3 Å². The number of hydrogen-bond donors (Lipinski definition) is 1. The molecule has 1 aromatic heterocycles. The SMILES string of the molecule is Cc1c(Cl)cccc1NC(=O)CCSc1nc2c(cc1C#N)CC(C(C)(C)C)CC2. The van der Waals surface area contributed by atoms with E-state index >= 15 is 0 Å². The number of hydrogen-bond acceptors (Lipinski definition) is 4. The van der Waals surface area contributed by atoms with Crippen LogP contribution in [0.1, 0.15) is 56.0 Å². The smallest absolute Gasteiger partial charge is 0.225 e. The van der Waals surface area contributed by atoms with Crippen LogP contribution in [0.2, 0.25) is 5.02 Å². The molecule has 1 aliphatic rings. The lowest BCUT2D eigenvalue weighted by atomic mass is 9.71. The van der Waals surface area contributed by atoms with Crippen molar-refractivity contribution >= 4 is 35.0 Å². The summed E-state index contributed by atoms with van der Waals surface area (Å²) in [5, 5.41) is 13.9. The van der Waals surface area contributed by atoms with Crippen molar-refractivity contribution in [1.82, 2.24) is 4.98 Å². The maximum absolute atomic E-state index is 12.3. The van der Waals surface area contributed by atoms with E-state index in [1.807, 2.05) is 25.1 Å². The minimum absolute atomic E-state index is 0.0719. The number of aromatic nitrogens is 1. The number of nitrogens with zero attached hydrogens (tertiary/aromatic N) is 2. The fraction of sp³-hybridized carbons (Fsp3) is 0.458. The molecule has 1 N–H and O–H groups in total. The summed E-state index contributed by atoms with van der Waals surface area (Å²) in [7, 11) is 0. The van der Waals surface area contributed by atoms with Gasteiger partial charge >= 0.3 is 0 Å². The molecule has 1 aromatic carbocycles. The molecule has 3 rings (SSSR count). The number of carbonyl (C=O) groups is 1. The molecule has 0 radical (unpaired) electrons. The summed E-state index contributed by atoms with van der Waals surface area (Å²) in [4.78, 5) is 17.1. The maximum Gasteiger partial charge on any atom is 0.225 e. The molecule has 0 saturated carbocycles. The van der Waals surface area contributed by atoms with Gasteiger partial charge in [-0.3, -0.25) is 4.79 Å². The van der Waals surface area contributed by atoms with Gasteiger partial charge in [0.15, 0.2) is 0 Å². The molecule has 1 amide bonds. The van der Waals surface area contributed by atoms with E-state index < -0.39 is 0 Å². The Morgan fingerprint density at radius 3 is 2.87 bits per heavy atom. The van der Waals surface area contributed by atoms with Gasteiger partial charge in [-0.25, -0.2) is 4.98 Å². The largest absolute Gasteiger partial charge is 0.326 e. The lowest BCUT2D eigenvalue weighted by Gasteiger charge is -2.34. The van der Waals surface area contributed by atoms with Gasteiger partial charge in [-0.05, 0) is 66.8 Å². The van der Waals surface area contributed by atoms with Crippen LogP contribution in [0, 0.1) is 29.6 Å². The van der Waals surface area contributed by atoms with Gasteiger partial charge in [0.2, 0.25) is 5.91 Å². The standard InChI is InChI=1S/C24H28ClN3OS/c1-15-19(25)6-5-7-20(15)27-22(29)10-11-30-23-17(14-26)12-16-13-18(24(2,3)4)8-9-21(16)28-23/h5-7,12,18H,8-11,13H2,1-4H3,(H,27,29). The Morgan fingerprint density at radius 2 is 2.17 bits per heavy atom. The number of anilines is 1. The highest BCUT2D eigenvalue weighted by Crippen LogP contribution is 2.38. The molecule has 2 aromatic rings. The van der Waals surface area contributed by atoms with Gasteiger partial charge in [0.25, 0.3) is 0 Å². The van der Waals surface area contributed by atoms with Crippen LogP contribution < -0.4 is 5.32 Å².